The maximum atomic E-state index is 13.2. The summed E-state index contributed by atoms with van der Waals surface area (Å²) < 4.78 is 52.3. The molecule has 3 aromatic rings. The van der Waals surface area contributed by atoms with Gasteiger partial charge in [-0.25, -0.2) is 9.18 Å². The Kier molecular flexibility index (Phi) is 6.47. The van der Waals surface area contributed by atoms with Crippen LogP contribution in [0.5, 0.6) is 0 Å². The highest BCUT2D eigenvalue weighted by molar-refractivity contribution is 5.94. The van der Waals surface area contributed by atoms with Crippen LogP contribution in [-0.4, -0.2) is 56.7 Å². The molecule has 1 amide bonds. The fourth-order valence-electron chi connectivity index (χ4n) is 4.33. The number of alkyl halides is 3. The molecule has 2 aromatic heterocycles. The molecular formula is C23H21F4N3O4. The lowest BCUT2D eigenvalue weighted by atomic mass is 10.0. The summed E-state index contributed by atoms with van der Waals surface area (Å²) in [5, 5.41) is 7.12. The molecule has 1 saturated heterocycles. The first kappa shape index (κ1) is 23.6. The Balaban J connectivity index is 0.000000344. The normalized spacial score (nSPS) is 19.9. The molecule has 1 aromatic carbocycles. The molecule has 7 nitrogen and oxygen atoms in total. The van der Waals surface area contributed by atoms with Crippen molar-refractivity contribution in [3.8, 4) is 0 Å². The standard InChI is InChI=1S/C21H20FN3O2.C2HF3O2/c22-17-5-3-15(4-6-17)11-25-20-13-23(10-16-7-9-27-14-16)12-19(20)24-8-1-2-18(24)21(25)26;3-2(4,5)1(6)7/h1-9,14,19-20H,10-13H2;(H,6,7)/t19-,20+;/m0./s1. The van der Waals surface area contributed by atoms with Crippen LogP contribution in [0.3, 0.4) is 0 Å². The Morgan fingerprint density at radius 3 is 2.32 bits per heavy atom. The molecule has 180 valence electrons. The van der Waals surface area contributed by atoms with E-state index >= 15 is 0 Å². The molecule has 2 aliphatic rings. The Morgan fingerprint density at radius 2 is 1.71 bits per heavy atom. The van der Waals surface area contributed by atoms with Crippen LogP contribution in [0.25, 0.3) is 0 Å². The molecular weight excluding hydrogens is 458 g/mol. The first-order valence-electron chi connectivity index (χ1n) is 10.4. The third-order valence-electron chi connectivity index (χ3n) is 5.85. The molecule has 0 saturated carbocycles. The van der Waals surface area contributed by atoms with Crippen molar-refractivity contribution in [2.75, 3.05) is 13.1 Å². The molecule has 5 rings (SSSR count). The number of rotatable bonds is 4. The van der Waals surface area contributed by atoms with Gasteiger partial charge in [-0.3, -0.25) is 9.69 Å². The molecule has 4 heterocycles. The lowest BCUT2D eigenvalue weighted by Gasteiger charge is -2.38. The number of carboxylic acids is 1. The molecule has 0 radical (unpaired) electrons. The summed E-state index contributed by atoms with van der Waals surface area (Å²) in [6.07, 6.45) is 0.374. The lowest BCUT2D eigenvalue weighted by Crippen LogP contribution is -2.49. The van der Waals surface area contributed by atoms with Gasteiger partial charge in [0.1, 0.15) is 11.5 Å². The Labute approximate surface area is 191 Å². The molecule has 2 atom stereocenters. The second kappa shape index (κ2) is 9.34. The van der Waals surface area contributed by atoms with E-state index in [1.807, 2.05) is 29.3 Å². The topological polar surface area (TPSA) is 78.9 Å². The van der Waals surface area contributed by atoms with E-state index in [0.717, 1.165) is 36.5 Å². The minimum atomic E-state index is -5.08. The van der Waals surface area contributed by atoms with Gasteiger partial charge < -0.3 is 19.0 Å². The predicted molar refractivity (Wildman–Crippen MR) is 111 cm³/mol. The number of nitrogens with zero attached hydrogens (tertiary/aromatic N) is 3. The molecule has 1 fully saturated rings. The Morgan fingerprint density at radius 1 is 1.03 bits per heavy atom. The smallest absolute Gasteiger partial charge is 0.475 e. The van der Waals surface area contributed by atoms with Crippen molar-refractivity contribution in [1.82, 2.24) is 14.4 Å². The summed E-state index contributed by atoms with van der Waals surface area (Å²) in [7, 11) is 0. The predicted octanol–water partition coefficient (Wildman–Crippen LogP) is 3.94. The number of halogens is 4. The molecule has 0 spiro atoms. The number of aliphatic carboxylic acids is 1. The molecule has 11 heteroatoms. The van der Waals surface area contributed by atoms with Gasteiger partial charge in [-0.05, 0) is 35.9 Å². The molecule has 2 aliphatic heterocycles. The van der Waals surface area contributed by atoms with Gasteiger partial charge in [0.25, 0.3) is 5.91 Å². The van der Waals surface area contributed by atoms with Crippen LogP contribution in [0.2, 0.25) is 0 Å². The van der Waals surface area contributed by atoms with E-state index in [0.29, 0.717) is 6.54 Å². The quantitative estimate of drug-likeness (QED) is 0.574. The van der Waals surface area contributed by atoms with Crippen LogP contribution in [0, 0.1) is 5.82 Å². The van der Waals surface area contributed by atoms with Gasteiger partial charge >= 0.3 is 12.1 Å². The van der Waals surface area contributed by atoms with Crippen molar-refractivity contribution in [1.29, 1.82) is 0 Å². The summed E-state index contributed by atoms with van der Waals surface area (Å²) in [4.78, 5) is 26.3. The number of hydrogen-bond acceptors (Lipinski definition) is 4. The molecule has 0 bridgehead atoms. The van der Waals surface area contributed by atoms with Crippen LogP contribution in [0.4, 0.5) is 17.6 Å². The van der Waals surface area contributed by atoms with E-state index in [2.05, 4.69) is 9.47 Å². The van der Waals surface area contributed by atoms with Gasteiger partial charge in [-0.15, -0.1) is 0 Å². The van der Waals surface area contributed by atoms with E-state index in [1.165, 1.54) is 12.1 Å². The average molecular weight is 479 g/mol. The number of carboxylic acid groups (broad SMARTS) is 1. The minimum absolute atomic E-state index is 0.0377. The van der Waals surface area contributed by atoms with E-state index < -0.39 is 12.1 Å². The van der Waals surface area contributed by atoms with Crippen LogP contribution in [0.15, 0.2) is 65.6 Å². The average Bonchev–Trinajstić information content (AvgIpc) is 3.53. The Bertz CT molecular complexity index is 1140. The third kappa shape index (κ3) is 4.98. The van der Waals surface area contributed by atoms with Gasteiger partial charge in [0.15, 0.2) is 0 Å². The number of amides is 1. The summed E-state index contributed by atoms with van der Waals surface area (Å²) in [5.41, 5.74) is 2.80. The first-order chi connectivity index (χ1) is 16.1. The summed E-state index contributed by atoms with van der Waals surface area (Å²) >= 11 is 0. The number of fused-ring (bicyclic) bond motifs is 3. The van der Waals surface area contributed by atoms with Gasteiger partial charge in [0.05, 0.1) is 24.6 Å². The highest BCUT2D eigenvalue weighted by Gasteiger charge is 2.44. The van der Waals surface area contributed by atoms with Gasteiger partial charge in [-0.2, -0.15) is 13.2 Å². The zero-order chi connectivity index (χ0) is 24.5. The highest BCUT2D eigenvalue weighted by Crippen LogP contribution is 2.35. The number of hydrogen-bond donors (Lipinski definition) is 1. The maximum absolute atomic E-state index is 13.2. The fourth-order valence-corrected chi connectivity index (χ4v) is 4.33. The van der Waals surface area contributed by atoms with Crippen molar-refractivity contribution in [3.63, 3.8) is 0 Å². The number of aromatic nitrogens is 1. The molecule has 34 heavy (non-hydrogen) atoms. The summed E-state index contributed by atoms with van der Waals surface area (Å²) in [5.74, 6) is -2.98. The molecule has 0 unspecified atom stereocenters. The van der Waals surface area contributed by atoms with Crippen molar-refractivity contribution < 1.29 is 36.7 Å². The number of carbonyl (C=O) groups is 2. The van der Waals surface area contributed by atoms with E-state index in [4.69, 9.17) is 14.3 Å². The van der Waals surface area contributed by atoms with Crippen molar-refractivity contribution in [3.05, 3.63) is 83.8 Å². The SMILES string of the molecule is O=C(O)C(F)(F)F.O=C1c2cccn2[C@H]2CN(Cc3ccoc3)C[C@H]2N1Cc1ccc(F)cc1. The zero-order valence-corrected chi connectivity index (χ0v) is 17.8. The van der Waals surface area contributed by atoms with E-state index in [-0.39, 0.29) is 23.8 Å². The van der Waals surface area contributed by atoms with Crippen molar-refractivity contribution in [2.24, 2.45) is 0 Å². The lowest BCUT2D eigenvalue weighted by molar-refractivity contribution is -0.192. The number of likely N-dealkylation sites (tertiary alicyclic amines) is 1. The maximum Gasteiger partial charge on any atom is 0.490 e. The van der Waals surface area contributed by atoms with E-state index in [1.54, 1.807) is 24.7 Å². The van der Waals surface area contributed by atoms with Crippen molar-refractivity contribution in [2.45, 2.75) is 31.3 Å². The Hall–Kier alpha value is -3.60. The molecule has 0 aliphatic carbocycles. The van der Waals surface area contributed by atoms with Gasteiger partial charge in [-0.1, -0.05) is 12.1 Å². The van der Waals surface area contributed by atoms with Gasteiger partial charge in [0.2, 0.25) is 0 Å². The first-order valence-corrected chi connectivity index (χ1v) is 10.4. The van der Waals surface area contributed by atoms with Crippen LogP contribution >= 0.6 is 0 Å². The molecule has 1 N–H and O–H groups in total. The number of carbonyl (C=O) groups excluding carboxylic acids is 1. The van der Waals surface area contributed by atoms with Crippen LogP contribution in [-0.2, 0) is 17.9 Å². The van der Waals surface area contributed by atoms with Crippen LogP contribution < -0.4 is 0 Å². The fraction of sp³-hybridized carbons (Fsp3) is 0.304. The largest absolute Gasteiger partial charge is 0.490 e. The summed E-state index contributed by atoms with van der Waals surface area (Å²) in [6, 6.07) is 12.5. The minimum Gasteiger partial charge on any atom is -0.475 e. The van der Waals surface area contributed by atoms with E-state index in [9.17, 15) is 22.4 Å². The second-order valence-corrected chi connectivity index (χ2v) is 8.12. The van der Waals surface area contributed by atoms with Crippen molar-refractivity contribution >= 4 is 11.9 Å². The van der Waals surface area contributed by atoms with Gasteiger partial charge in [0, 0.05) is 37.9 Å². The van der Waals surface area contributed by atoms with Crippen LogP contribution in [0.1, 0.15) is 27.7 Å². The second-order valence-electron chi connectivity index (χ2n) is 8.12. The monoisotopic (exact) mass is 479 g/mol. The summed E-state index contributed by atoms with van der Waals surface area (Å²) in [6.45, 7) is 2.98. The zero-order valence-electron chi connectivity index (χ0n) is 17.8. The number of furan rings is 1. The third-order valence-corrected chi connectivity index (χ3v) is 5.85. The number of benzene rings is 1. The highest BCUT2D eigenvalue weighted by atomic mass is 19.4.